The summed E-state index contributed by atoms with van der Waals surface area (Å²) in [6.45, 7) is 2.12. The average Bonchev–Trinajstić information content (AvgIpc) is 3.12. The van der Waals surface area contributed by atoms with Gasteiger partial charge in [-0.3, -0.25) is 10.1 Å². The fourth-order valence-electron chi connectivity index (χ4n) is 2.64. The van der Waals surface area contributed by atoms with E-state index >= 15 is 0 Å². The summed E-state index contributed by atoms with van der Waals surface area (Å²) in [4.78, 5) is 11.8. The fraction of sp³-hybridized carbons (Fsp3) is 0.692. The lowest BCUT2D eigenvalue weighted by Gasteiger charge is -2.31. The molecule has 19 heavy (non-hydrogen) atoms. The van der Waals surface area contributed by atoms with E-state index in [4.69, 9.17) is 5.73 Å². The van der Waals surface area contributed by atoms with Crippen LogP contribution >= 0.6 is 0 Å². The van der Waals surface area contributed by atoms with Crippen LogP contribution in [0.15, 0.2) is 6.07 Å². The highest BCUT2D eigenvalue weighted by Gasteiger charge is 2.31. The Morgan fingerprint density at radius 3 is 3.00 bits per heavy atom. The van der Waals surface area contributed by atoms with Crippen LogP contribution in [0.3, 0.4) is 0 Å². The molecule has 6 heteroatoms. The molecule has 1 aliphatic heterocycles. The number of nitrogens with two attached hydrogens (primary N) is 1. The van der Waals surface area contributed by atoms with Crippen LogP contribution in [-0.4, -0.2) is 21.7 Å². The topological polar surface area (TPSA) is 85.0 Å². The summed E-state index contributed by atoms with van der Waals surface area (Å²) in [5.74, 6) is 1.23. The molecule has 2 atom stereocenters. The highest BCUT2D eigenvalue weighted by atomic mass is 16.2. The lowest BCUT2D eigenvalue weighted by Crippen LogP contribution is -2.53. The largest absolute Gasteiger partial charge is 0.384 e. The van der Waals surface area contributed by atoms with Gasteiger partial charge in [-0.15, -0.1) is 0 Å². The SMILES string of the molecule is CCCC1CC(=O)NC(n2nc(C3CC3)cc2N)N1. The van der Waals surface area contributed by atoms with Crippen LogP contribution in [-0.2, 0) is 4.79 Å². The molecule has 1 amide bonds. The summed E-state index contributed by atoms with van der Waals surface area (Å²) in [6.07, 6.45) is 4.64. The zero-order chi connectivity index (χ0) is 13.4. The van der Waals surface area contributed by atoms with E-state index in [9.17, 15) is 4.79 Å². The van der Waals surface area contributed by atoms with E-state index in [-0.39, 0.29) is 18.2 Å². The minimum absolute atomic E-state index is 0.0603. The predicted molar refractivity (Wildman–Crippen MR) is 72.2 cm³/mol. The summed E-state index contributed by atoms with van der Waals surface area (Å²) in [5.41, 5.74) is 7.06. The standard InChI is InChI=1S/C13H21N5O/c1-2-3-9-6-12(19)16-13(15-9)18-11(14)7-10(17-18)8-4-5-8/h7-9,13,15H,2-6,14H2,1H3,(H,16,19). The summed E-state index contributed by atoms with van der Waals surface area (Å²) < 4.78 is 1.70. The first-order valence-corrected chi connectivity index (χ1v) is 7.07. The first-order chi connectivity index (χ1) is 9.17. The first-order valence-electron chi connectivity index (χ1n) is 7.07. The van der Waals surface area contributed by atoms with E-state index in [1.165, 1.54) is 12.8 Å². The molecule has 0 radical (unpaired) electrons. The number of nitrogen functional groups attached to an aromatic ring is 1. The minimum atomic E-state index is -0.315. The van der Waals surface area contributed by atoms with E-state index in [0.29, 0.717) is 18.2 Å². The van der Waals surface area contributed by atoms with Gasteiger partial charge in [0.15, 0.2) is 6.29 Å². The van der Waals surface area contributed by atoms with Crippen molar-refractivity contribution in [2.75, 3.05) is 5.73 Å². The van der Waals surface area contributed by atoms with E-state index in [1.54, 1.807) is 4.68 Å². The number of anilines is 1. The molecular weight excluding hydrogens is 242 g/mol. The Kier molecular flexibility index (Phi) is 3.18. The number of carbonyl (C=O) groups excluding carboxylic acids is 1. The molecule has 1 saturated heterocycles. The van der Waals surface area contributed by atoms with Crippen LogP contribution in [0.2, 0.25) is 0 Å². The van der Waals surface area contributed by atoms with Crippen LogP contribution in [0.4, 0.5) is 5.82 Å². The smallest absolute Gasteiger partial charge is 0.224 e. The predicted octanol–water partition coefficient (Wildman–Crippen LogP) is 1.08. The van der Waals surface area contributed by atoms with Gasteiger partial charge in [0.25, 0.3) is 0 Å². The van der Waals surface area contributed by atoms with Gasteiger partial charge in [-0.2, -0.15) is 5.10 Å². The molecule has 6 nitrogen and oxygen atoms in total. The number of aromatic nitrogens is 2. The monoisotopic (exact) mass is 263 g/mol. The minimum Gasteiger partial charge on any atom is -0.384 e. The molecule has 0 spiro atoms. The Hall–Kier alpha value is -1.56. The number of amides is 1. The lowest BCUT2D eigenvalue weighted by atomic mass is 10.1. The summed E-state index contributed by atoms with van der Waals surface area (Å²) >= 11 is 0. The lowest BCUT2D eigenvalue weighted by molar-refractivity contribution is -0.125. The van der Waals surface area contributed by atoms with Crippen molar-refractivity contribution in [3.8, 4) is 0 Å². The Morgan fingerprint density at radius 1 is 1.53 bits per heavy atom. The third kappa shape index (κ3) is 2.58. The molecule has 3 rings (SSSR count). The highest BCUT2D eigenvalue weighted by Crippen LogP contribution is 2.40. The molecule has 1 aromatic rings. The Bertz CT molecular complexity index is 479. The van der Waals surface area contributed by atoms with Crippen molar-refractivity contribution >= 4 is 11.7 Å². The number of hydrogen-bond acceptors (Lipinski definition) is 4. The van der Waals surface area contributed by atoms with Crippen LogP contribution in [0.1, 0.15) is 56.9 Å². The van der Waals surface area contributed by atoms with Crippen molar-refractivity contribution in [2.45, 2.75) is 57.3 Å². The summed E-state index contributed by atoms with van der Waals surface area (Å²) in [7, 11) is 0. The van der Waals surface area contributed by atoms with Gasteiger partial charge in [-0.25, -0.2) is 4.68 Å². The second-order valence-electron chi connectivity index (χ2n) is 5.54. The van der Waals surface area contributed by atoms with Gasteiger partial charge in [0.1, 0.15) is 5.82 Å². The van der Waals surface area contributed by atoms with Crippen molar-refractivity contribution in [3.63, 3.8) is 0 Å². The number of rotatable bonds is 4. The fourth-order valence-corrected chi connectivity index (χ4v) is 2.64. The molecule has 0 bridgehead atoms. The van der Waals surface area contributed by atoms with Gasteiger partial charge < -0.3 is 11.1 Å². The number of nitrogens with one attached hydrogen (secondary N) is 2. The molecule has 1 saturated carbocycles. The van der Waals surface area contributed by atoms with E-state index in [1.807, 2.05) is 6.07 Å². The molecule has 4 N–H and O–H groups in total. The second-order valence-corrected chi connectivity index (χ2v) is 5.54. The van der Waals surface area contributed by atoms with Crippen LogP contribution in [0.25, 0.3) is 0 Å². The van der Waals surface area contributed by atoms with Crippen LogP contribution in [0, 0.1) is 0 Å². The van der Waals surface area contributed by atoms with Gasteiger partial charge in [0.2, 0.25) is 5.91 Å². The molecule has 1 aromatic heterocycles. The maximum Gasteiger partial charge on any atom is 0.224 e. The first kappa shape index (κ1) is 12.5. The molecule has 0 aromatic carbocycles. The van der Waals surface area contributed by atoms with Crippen molar-refractivity contribution in [3.05, 3.63) is 11.8 Å². The average molecular weight is 263 g/mol. The Labute approximate surface area is 112 Å². The number of carbonyl (C=O) groups is 1. The molecule has 2 aliphatic rings. The maximum absolute atomic E-state index is 11.8. The molecule has 2 fully saturated rings. The Balaban J connectivity index is 1.78. The molecule has 104 valence electrons. The number of nitrogens with zero attached hydrogens (tertiary/aromatic N) is 2. The second kappa shape index (κ2) is 4.85. The normalized spacial score (nSPS) is 27.3. The summed E-state index contributed by atoms with van der Waals surface area (Å²) in [5, 5.41) is 10.8. The number of hydrogen-bond donors (Lipinski definition) is 3. The summed E-state index contributed by atoms with van der Waals surface area (Å²) in [6, 6.07) is 2.13. The van der Waals surface area contributed by atoms with Crippen molar-refractivity contribution in [1.82, 2.24) is 20.4 Å². The van der Waals surface area contributed by atoms with Gasteiger partial charge in [-0.05, 0) is 19.3 Å². The molecule has 2 heterocycles. The third-order valence-electron chi connectivity index (χ3n) is 3.78. The van der Waals surface area contributed by atoms with Crippen molar-refractivity contribution in [2.24, 2.45) is 0 Å². The maximum atomic E-state index is 11.8. The quantitative estimate of drug-likeness (QED) is 0.758. The van der Waals surface area contributed by atoms with Gasteiger partial charge >= 0.3 is 0 Å². The van der Waals surface area contributed by atoms with Crippen LogP contribution in [0.5, 0.6) is 0 Å². The van der Waals surface area contributed by atoms with Crippen molar-refractivity contribution in [1.29, 1.82) is 0 Å². The van der Waals surface area contributed by atoms with Gasteiger partial charge in [-0.1, -0.05) is 13.3 Å². The van der Waals surface area contributed by atoms with E-state index < -0.39 is 0 Å². The third-order valence-corrected chi connectivity index (χ3v) is 3.78. The van der Waals surface area contributed by atoms with Gasteiger partial charge in [0, 0.05) is 24.4 Å². The molecular formula is C13H21N5O. The Morgan fingerprint density at radius 2 is 2.32 bits per heavy atom. The zero-order valence-corrected chi connectivity index (χ0v) is 11.2. The van der Waals surface area contributed by atoms with Crippen molar-refractivity contribution < 1.29 is 4.79 Å². The van der Waals surface area contributed by atoms with E-state index in [2.05, 4.69) is 22.7 Å². The zero-order valence-electron chi connectivity index (χ0n) is 11.2. The van der Waals surface area contributed by atoms with Gasteiger partial charge in [0.05, 0.1) is 5.69 Å². The molecule has 1 aliphatic carbocycles. The molecule has 2 unspecified atom stereocenters. The van der Waals surface area contributed by atoms with Crippen LogP contribution < -0.4 is 16.4 Å². The highest BCUT2D eigenvalue weighted by molar-refractivity contribution is 5.77. The van der Waals surface area contributed by atoms with E-state index in [0.717, 1.165) is 18.5 Å².